The molecule has 0 aliphatic rings. The largest absolute Gasteiger partial charge is 0.489 e. The first-order valence-corrected chi connectivity index (χ1v) is 6.41. The molecule has 0 N–H and O–H groups in total. The number of rotatable bonds is 6. The zero-order valence-corrected chi connectivity index (χ0v) is 11.6. The minimum Gasteiger partial charge on any atom is -0.489 e. The monoisotopic (exact) mass is 306 g/mol. The molecule has 0 amide bonds. The molecule has 0 fully saturated rings. The molecule has 0 aliphatic carbocycles. The van der Waals surface area contributed by atoms with E-state index >= 15 is 0 Å². The van der Waals surface area contributed by atoms with Crippen LogP contribution in [0.3, 0.4) is 0 Å². The Hall–Kier alpha value is -2.69. The van der Waals surface area contributed by atoms with E-state index in [1.54, 1.807) is 18.2 Å². The Bertz CT molecular complexity index is 657. The SMILES string of the molecule is C=Cc1ccc(OCc2ccc(OC(F)=C(F)F)cc2)cc1. The highest BCUT2D eigenvalue weighted by atomic mass is 19.3. The summed E-state index contributed by atoms with van der Waals surface area (Å²) in [6, 6.07) is 11.5. The lowest BCUT2D eigenvalue weighted by Crippen LogP contribution is -1.96. The van der Waals surface area contributed by atoms with Crippen molar-refractivity contribution in [1.29, 1.82) is 0 Å². The van der Waals surface area contributed by atoms with Crippen molar-refractivity contribution in [3.05, 3.63) is 78.3 Å². The van der Waals surface area contributed by atoms with Crippen LogP contribution in [0.1, 0.15) is 11.1 Å². The highest BCUT2D eigenvalue weighted by molar-refractivity contribution is 5.48. The first kappa shape index (κ1) is 15.7. The fourth-order valence-corrected chi connectivity index (χ4v) is 1.66. The Balaban J connectivity index is 1.93. The van der Waals surface area contributed by atoms with E-state index in [2.05, 4.69) is 11.3 Å². The first-order chi connectivity index (χ1) is 10.6. The van der Waals surface area contributed by atoms with Gasteiger partial charge in [-0.1, -0.05) is 36.9 Å². The molecule has 0 radical (unpaired) electrons. The van der Waals surface area contributed by atoms with E-state index in [0.717, 1.165) is 11.1 Å². The number of benzene rings is 2. The van der Waals surface area contributed by atoms with Gasteiger partial charge in [-0.3, -0.25) is 0 Å². The van der Waals surface area contributed by atoms with Crippen LogP contribution in [0.15, 0.2) is 67.2 Å². The van der Waals surface area contributed by atoms with Crippen molar-refractivity contribution in [1.82, 2.24) is 0 Å². The van der Waals surface area contributed by atoms with Crippen LogP contribution in [0.2, 0.25) is 0 Å². The van der Waals surface area contributed by atoms with Crippen LogP contribution in [0.25, 0.3) is 6.08 Å². The topological polar surface area (TPSA) is 18.5 Å². The molecular formula is C17H13F3O2. The van der Waals surface area contributed by atoms with Crippen LogP contribution in [-0.2, 0) is 6.61 Å². The Kier molecular flexibility index (Phi) is 5.25. The van der Waals surface area contributed by atoms with Gasteiger partial charge >= 0.3 is 12.1 Å². The number of ether oxygens (including phenoxy) is 2. The molecule has 0 heterocycles. The van der Waals surface area contributed by atoms with Crippen molar-refractivity contribution in [3.8, 4) is 11.5 Å². The van der Waals surface area contributed by atoms with Crippen LogP contribution in [0.5, 0.6) is 11.5 Å². The first-order valence-electron chi connectivity index (χ1n) is 6.41. The van der Waals surface area contributed by atoms with Crippen molar-refractivity contribution < 1.29 is 22.6 Å². The molecule has 0 spiro atoms. The Morgan fingerprint density at radius 3 is 2.05 bits per heavy atom. The summed E-state index contributed by atoms with van der Waals surface area (Å²) < 4.78 is 46.3. The van der Waals surface area contributed by atoms with Gasteiger partial charge in [-0.2, -0.15) is 13.2 Å². The van der Waals surface area contributed by atoms with Gasteiger partial charge in [0, 0.05) is 0 Å². The van der Waals surface area contributed by atoms with Crippen molar-refractivity contribution in [2.45, 2.75) is 6.61 Å². The average molecular weight is 306 g/mol. The molecule has 0 aliphatic heterocycles. The second-order valence-electron chi connectivity index (χ2n) is 4.34. The normalized spacial score (nSPS) is 9.95. The van der Waals surface area contributed by atoms with E-state index in [0.29, 0.717) is 12.4 Å². The van der Waals surface area contributed by atoms with Gasteiger partial charge in [0.15, 0.2) is 0 Å². The van der Waals surface area contributed by atoms with Crippen LogP contribution in [0, 0.1) is 0 Å². The van der Waals surface area contributed by atoms with Crippen LogP contribution < -0.4 is 9.47 Å². The molecule has 114 valence electrons. The maximum atomic E-state index is 12.6. The number of hydrogen-bond acceptors (Lipinski definition) is 2. The van der Waals surface area contributed by atoms with Gasteiger partial charge in [-0.15, -0.1) is 0 Å². The zero-order valence-electron chi connectivity index (χ0n) is 11.6. The number of halogens is 3. The fraction of sp³-hybridized carbons (Fsp3) is 0.0588. The molecule has 22 heavy (non-hydrogen) atoms. The Morgan fingerprint density at radius 2 is 1.50 bits per heavy atom. The number of hydrogen-bond donors (Lipinski definition) is 0. The van der Waals surface area contributed by atoms with Gasteiger partial charge in [-0.25, -0.2) is 0 Å². The summed E-state index contributed by atoms with van der Waals surface area (Å²) in [5, 5.41) is 0. The Labute approximate surface area is 126 Å². The van der Waals surface area contributed by atoms with Crippen LogP contribution >= 0.6 is 0 Å². The minimum atomic E-state index is -2.49. The highest BCUT2D eigenvalue weighted by Gasteiger charge is 2.07. The zero-order chi connectivity index (χ0) is 15.9. The van der Waals surface area contributed by atoms with Gasteiger partial charge in [0.05, 0.1) is 0 Å². The third-order valence-electron chi connectivity index (χ3n) is 2.80. The maximum absolute atomic E-state index is 12.6. The van der Waals surface area contributed by atoms with Crippen molar-refractivity contribution in [3.63, 3.8) is 0 Å². The van der Waals surface area contributed by atoms with Crippen LogP contribution in [0.4, 0.5) is 13.2 Å². The van der Waals surface area contributed by atoms with E-state index in [1.165, 1.54) is 12.1 Å². The van der Waals surface area contributed by atoms with E-state index in [-0.39, 0.29) is 5.75 Å². The second kappa shape index (κ2) is 7.36. The lowest BCUT2D eigenvalue weighted by Gasteiger charge is -2.07. The average Bonchev–Trinajstić information content (AvgIpc) is 2.54. The van der Waals surface area contributed by atoms with Gasteiger partial charge < -0.3 is 9.47 Å². The predicted octanol–water partition coefficient (Wildman–Crippen LogP) is 5.32. The summed E-state index contributed by atoms with van der Waals surface area (Å²) in [4.78, 5) is 0. The quantitative estimate of drug-likeness (QED) is 0.672. The fourth-order valence-electron chi connectivity index (χ4n) is 1.66. The summed E-state index contributed by atoms with van der Waals surface area (Å²) in [5.74, 6) is 0.684. The van der Waals surface area contributed by atoms with E-state index in [4.69, 9.17) is 4.74 Å². The summed E-state index contributed by atoms with van der Waals surface area (Å²) in [7, 11) is 0. The minimum absolute atomic E-state index is 0.00983. The molecule has 0 saturated carbocycles. The van der Waals surface area contributed by atoms with E-state index in [1.807, 2.05) is 24.3 Å². The summed E-state index contributed by atoms with van der Waals surface area (Å²) in [6.45, 7) is 3.96. The Morgan fingerprint density at radius 1 is 0.909 bits per heavy atom. The lowest BCUT2D eigenvalue weighted by molar-refractivity contribution is 0.241. The summed E-state index contributed by atoms with van der Waals surface area (Å²) >= 11 is 0. The predicted molar refractivity (Wildman–Crippen MR) is 78.3 cm³/mol. The third kappa shape index (κ3) is 4.41. The van der Waals surface area contributed by atoms with E-state index < -0.39 is 12.1 Å². The molecule has 2 aromatic rings. The van der Waals surface area contributed by atoms with Gasteiger partial charge in [-0.05, 0) is 35.4 Å². The van der Waals surface area contributed by atoms with Crippen LogP contribution in [-0.4, -0.2) is 0 Å². The van der Waals surface area contributed by atoms with Crippen molar-refractivity contribution in [2.24, 2.45) is 0 Å². The molecule has 0 unspecified atom stereocenters. The van der Waals surface area contributed by atoms with Gasteiger partial charge in [0.1, 0.15) is 18.1 Å². The van der Waals surface area contributed by atoms with Crippen molar-refractivity contribution in [2.75, 3.05) is 0 Å². The molecule has 5 heteroatoms. The molecule has 0 aromatic heterocycles. The molecule has 2 nitrogen and oxygen atoms in total. The summed E-state index contributed by atoms with van der Waals surface area (Å²) in [6.07, 6.45) is -0.758. The third-order valence-corrected chi connectivity index (χ3v) is 2.80. The molecule has 0 saturated heterocycles. The van der Waals surface area contributed by atoms with Gasteiger partial charge in [0.2, 0.25) is 0 Å². The molecular weight excluding hydrogens is 293 g/mol. The van der Waals surface area contributed by atoms with Gasteiger partial charge in [0.25, 0.3) is 0 Å². The lowest BCUT2D eigenvalue weighted by atomic mass is 10.2. The van der Waals surface area contributed by atoms with Crippen molar-refractivity contribution >= 4 is 6.08 Å². The molecule has 0 bridgehead atoms. The molecule has 2 aromatic carbocycles. The standard InChI is InChI=1S/C17H13F3O2/c1-2-12-3-7-14(8-4-12)21-11-13-5-9-15(10-6-13)22-17(20)16(18)19/h2-10H,1,11H2. The molecule has 0 atom stereocenters. The van der Waals surface area contributed by atoms with E-state index in [9.17, 15) is 13.2 Å². The second-order valence-corrected chi connectivity index (χ2v) is 4.34. The smallest absolute Gasteiger partial charge is 0.344 e. The maximum Gasteiger partial charge on any atom is 0.344 e. The summed E-state index contributed by atoms with van der Waals surface area (Å²) in [5.41, 5.74) is 1.79. The highest BCUT2D eigenvalue weighted by Crippen LogP contribution is 2.20. The molecule has 2 rings (SSSR count).